The number of aryl methyl sites for hydroxylation is 1. The Kier molecular flexibility index (Phi) is 6.27. The van der Waals surface area contributed by atoms with Crippen LogP contribution in [0.5, 0.6) is 0 Å². The van der Waals surface area contributed by atoms with Gasteiger partial charge in [-0.1, -0.05) is 33.6 Å². The highest BCUT2D eigenvalue weighted by Gasteiger charge is 2.12. The molecule has 1 aromatic rings. The molecule has 0 bridgehead atoms. The van der Waals surface area contributed by atoms with Gasteiger partial charge in [-0.2, -0.15) is 5.10 Å². The molecular formula is C14H27N3. The lowest BCUT2D eigenvalue weighted by Gasteiger charge is -2.17. The summed E-state index contributed by atoms with van der Waals surface area (Å²) in [6, 6.07) is 0.474. The summed E-state index contributed by atoms with van der Waals surface area (Å²) < 4.78 is 1.89. The molecule has 0 saturated heterocycles. The normalized spacial score (nSPS) is 13.2. The molecule has 1 atom stereocenters. The second-order valence-electron chi connectivity index (χ2n) is 5.28. The molecule has 0 aliphatic rings. The first-order chi connectivity index (χ1) is 8.13. The number of nitrogens with one attached hydrogen (secondary N) is 1. The third-order valence-corrected chi connectivity index (χ3v) is 3.04. The summed E-state index contributed by atoms with van der Waals surface area (Å²) in [5, 5.41) is 7.88. The zero-order valence-corrected chi connectivity index (χ0v) is 11.7. The predicted molar refractivity (Wildman–Crippen MR) is 72.9 cm³/mol. The van der Waals surface area contributed by atoms with Crippen LogP contribution in [0.15, 0.2) is 12.4 Å². The molecule has 0 saturated carbocycles. The number of rotatable bonds is 8. The second-order valence-corrected chi connectivity index (χ2v) is 5.28. The Balaban J connectivity index is 2.48. The Labute approximate surface area is 106 Å². The number of aromatic nitrogens is 2. The van der Waals surface area contributed by atoms with Crippen molar-refractivity contribution in [1.82, 2.24) is 15.1 Å². The van der Waals surface area contributed by atoms with E-state index in [9.17, 15) is 0 Å². The third kappa shape index (κ3) is 5.35. The average molecular weight is 237 g/mol. The van der Waals surface area contributed by atoms with Gasteiger partial charge >= 0.3 is 0 Å². The molecule has 0 amide bonds. The van der Waals surface area contributed by atoms with Gasteiger partial charge in [0.05, 0.1) is 6.20 Å². The summed E-state index contributed by atoms with van der Waals surface area (Å²) in [6.45, 7) is 7.87. The van der Waals surface area contributed by atoms with E-state index in [1.807, 2.05) is 17.9 Å². The lowest BCUT2D eigenvalue weighted by Crippen LogP contribution is -2.22. The molecule has 1 heterocycles. The maximum absolute atomic E-state index is 4.27. The minimum atomic E-state index is 0.474. The summed E-state index contributed by atoms with van der Waals surface area (Å²) in [5.41, 5.74) is 1.32. The lowest BCUT2D eigenvalue weighted by molar-refractivity contribution is 0.447. The summed E-state index contributed by atoms with van der Waals surface area (Å²) in [5.74, 6) is 0.802. The SMILES string of the molecule is CCCNC(CCCC(C)C)c1cnn(C)c1. The van der Waals surface area contributed by atoms with Crippen molar-refractivity contribution >= 4 is 0 Å². The molecule has 1 aromatic heterocycles. The fourth-order valence-corrected chi connectivity index (χ4v) is 2.06. The first-order valence-corrected chi connectivity index (χ1v) is 6.85. The van der Waals surface area contributed by atoms with Crippen LogP contribution in [0.3, 0.4) is 0 Å². The first-order valence-electron chi connectivity index (χ1n) is 6.85. The topological polar surface area (TPSA) is 29.9 Å². The molecule has 0 fully saturated rings. The molecule has 0 aliphatic heterocycles. The van der Waals surface area contributed by atoms with Gasteiger partial charge in [-0.05, 0) is 25.3 Å². The molecule has 98 valence electrons. The highest BCUT2D eigenvalue weighted by molar-refractivity contribution is 5.10. The molecule has 1 N–H and O–H groups in total. The minimum Gasteiger partial charge on any atom is -0.310 e. The van der Waals surface area contributed by atoms with Crippen LogP contribution in [0.25, 0.3) is 0 Å². The highest BCUT2D eigenvalue weighted by atomic mass is 15.2. The van der Waals surface area contributed by atoms with E-state index in [0.29, 0.717) is 6.04 Å². The van der Waals surface area contributed by atoms with E-state index in [0.717, 1.165) is 12.5 Å². The summed E-state index contributed by atoms with van der Waals surface area (Å²) in [7, 11) is 1.98. The van der Waals surface area contributed by atoms with Gasteiger partial charge < -0.3 is 5.32 Å². The average Bonchev–Trinajstić information content (AvgIpc) is 2.69. The molecule has 0 spiro atoms. The van der Waals surface area contributed by atoms with Crippen molar-refractivity contribution in [2.75, 3.05) is 6.54 Å². The van der Waals surface area contributed by atoms with Gasteiger partial charge in [0.25, 0.3) is 0 Å². The van der Waals surface area contributed by atoms with Gasteiger partial charge in [-0.25, -0.2) is 0 Å². The van der Waals surface area contributed by atoms with Crippen LogP contribution in [0, 0.1) is 5.92 Å². The Morgan fingerprint density at radius 1 is 1.35 bits per heavy atom. The first kappa shape index (κ1) is 14.2. The van der Waals surface area contributed by atoms with E-state index < -0.39 is 0 Å². The van der Waals surface area contributed by atoms with Gasteiger partial charge in [0.1, 0.15) is 0 Å². The van der Waals surface area contributed by atoms with Crippen LogP contribution in [0.4, 0.5) is 0 Å². The van der Waals surface area contributed by atoms with E-state index in [2.05, 4.69) is 37.4 Å². The number of nitrogens with zero attached hydrogens (tertiary/aromatic N) is 2. The van der Waals surface area contributed by atoms with Crippen LogP contribution in [0.1, 0.15) is 58.1 Å². The van der Waals surface area contributed by atoms with Crippen molar-refractivity contribution in [2.45, 2.75) is 52.5 Å². The zero-order valence-electron chi connectivity index (χ0n) is 11.7. The molecular weight excluding hydrogens is 210 g/mol. The van der Waals surface area contributed by atoms with Crippen molar-refractivity contribution in [3.63, 3.8) is 0 Å². The van der Waals surface area contributed by atoms with E-state index in [-0.39, 0.29) is 0 Å². The molecule has 0 radical (unpaired) electrons. The van der Waals surface area contributed by atoms with Gasteiger partial charge in [0, 0.05) is 24.8 Å². The summed E-state index contributed by atoms with van der Waals surface area (Å²) >= 11 is 0. The van der Waals surface area contributed by atoms with E-state index >= 15 is 0 Å². The molecule has 0 aliphatic carbocycles. The second kappa shape index (κ2) is 7.49. The smallest absolute Gasteiger partial charge is 0.0537 e. The van der Waals surface area contributed by atoms with Crippen molar-refractivity contribution < 1.29 is 0 Å². The van der Waals surface area contributed by atoms with Crippen molar-refractivity contribution in [3.05, 3.63) is 18.0 Å². The zero-order chi connectivity index (χ0) is 12.7. The van der Waals surface area contributed by atoms with Crippen LogP contribution in [-0.4, -0.2) is 16.3 Å². The maximum atomic E-state index is 4.27. The van der Waals surface area contributed by atoms with Gasteiger partial charge in [0.2, 0.25) is 0 Å². The Bertz CT molecular complexity index is 304. The van der Waals surface area contributed by atoms with Crippen molar-refractivity contribution in [3.8, 4) is 0 Å². The van der Waals surface area contributed by atoms with Gasteiger partial charge in [-0.3, -0.25) is 4.68 Å². The van der Waals surface area contributed by atoms with E-state index in [4.69, 9.17) is 0 Å². The fraction of sp³-hybridized carbons (Fsp3) is 0.786. The molecule has 3 nitrogen and oxygen atoms in total. The van der Waals surface area contributed by atoms with Crippen LogP contribution in [0.2, 0.25) is 0 Å². The standard InChI is InChI=1S/C14H27N3/c1-5-9-15-14(8-6-7-12(2)3)13-10-16-17(4)11-13/h10-12,14-15H,5-9H2,1-4H3. The Morgan fingerprint density at radius 3 is 2.65 bits per heavy atom. The van der Waals surface area contributed by atoms with Crippen molar-refractivity contribution in [1.29, 1.82) is 0 Å². The largest absolute Gasteiger partial charge is 0.310 e. The lowest BCUT2D eigenvalue weighted by atomic mass is 10.00. The number of hydrogen-bond acceptors (Lipinski definition) is 2. The molecule has 3 heteroatoms. The number of hydrogen-bond donors (Lipinski definition) is 1. The predicted octanol–water partition coefficient (Wildman–Crippen LogP) is 3.29. The Morgan fingerprint density at radius 2 is 2.12 bits per heavy atom. The fourth-order valence-electron chi connectivity index (χ4n) is 2.06. The quantitative estimate of drug-likeness (QED) is 0.752. The maximum Gasteiger partial charge on any atom is 0.0537 e. The summed E-state index contributed by atoms with van der Waals surface area (Å²) in [4.78, 5) is 0. The van der Waals surface area contributed by atoms with Gasteiger partial charge in [0.15, 0.2) is 0 Å². The van der Waals surface area contributed by atoms with Crippen LogP contribution < -0.4 is 5.32 Å². The minimum absolute atomic E-state index is 0.474. The Hall–Kier alpha value is -0.830. The molecule has 17 heavy (non-hydrogen) atoms. The monoisotopic (exact) mass is 237 g/mol. The molecule has 1 rings (SSSR count). The highest BCUT2D eigenvalue weighted by Crippen LogP contribution is 2.20. The summed E-state index contributed by atoms with van der Waals surface area (Å²) in [6.07, 6.45) is 9.11. The van der Waals surface area contributed by atoms with Crippen molar-refractivity contribution in [2.24, 2.45) is 13.0 Å². The van der Waals surface area contributed by atoms with Crippen LogP contribution >= 0.6 is 0 Å². The molecule has 1 unspecified atom stereocenters. The van der Waals surface area contributed by atoms with E-state index in [1.165, 1.54) is 31.2 Å². The van der Waals surface area contributed by atoms with E-state index in [1.54, 1.807) is 0 Å². The van der Waals surface area contributed by atoms with Crippen LogP contribution in [-0.2, 0) is 7.05 Å². The van der Waals surface area contributed by atoms with Gasteiger partial charge in [-0.15, -0.1) is 0 Å². The third-order valence-electron chi connectivity index (χ3n) is 3.04. The molecule has 0 aromatic carbocycles.